The molecule has 0 unspecified atom stereocenters. The molecule has 0 fully saturated rings. The van der Waals surface area contributed by atoms with Crippen molar-refractivity contribution in [3.63, 3.8) is 0 Å². The first-order valence-corrected chi connectivity index (χ1v) is 17.0. The lowest BCUT2D eigenvalue weighted by Gasteiger charge is -2.06. The van der Waals surface area contributed by atoms with Crippen LogP contribution in [0.4, 0.5) is 0 Å². The topological polar surface area (TPSA) is 343 Å². The summed E-state index contributed by atoms with van der Waals surface area (Å²) in [5, 5.41) is 9.63. The quantitative estimate of drug-likeness (QED) is 0.197. The van der Waals surface area contributed by atoms with Crippen molar-refractivity contribution >= 4 is 66.6 Å². The Morgan fingerprint density at radius 1 is 0.617 bits per heavy atom. The van der Waals surface area contributed by atoms with Gasteiger partial charge >= 0.3 is 28.5 Å². The van der Waals surface area contributed by atoms with Crippen molar-refractivity contribution in [3.8, 4) is 0 Å². The molecule has 9 aromatic rings. The number of thiophene rings is 1. The number of rotatable bonds is 0. The fourth-order valence-corrected chi connectivity index (χ4v) is 4.82. The molecular formula is C34H19N13O12S. The highest BCUT2D eigenvalue weighted by Crippen LogP contribution is 2.14. The van der Waals surface area contributed by atoms with Gasteiger partial charge in [0.2, 0.25) is 0 Å². The number of ether oxygens (including phenoxy) is 1. The first-order valence-electron chi connectivity index (χ1n) is 16.1. The van der Waals surface area contributed by atoms with Gasteiger partial charge in [-0.3, -0.25) is 4.79 Å². The van der Waals surface area contributed by atoms with Gasteiger partial charge in [-0.05, 0) is 23.6 Å². The lowest BCUT2D eigenvalue weighted by atomic mass is 10.3. The minimum atomic E-state index is -0.511. The molecule has 0 bridgehead atoms. The molecule has 0 atom stereocenters. The van der Waals surface area contributed by atoms with E-state index in [4.69, 9.17) is 0 Å². The summed E-state index contributed by atoms with van der Waals surface area (Å²) in [6.07, 6.45) is 15.3. The molecule has 11 heterocycles. The van der Waals surface area contributed by atoms with Gasteiger partial charge in [0.1, 0.15) is 27.4 Å². The van der Waals surface area contributed by atoms with Crippen LogP contribution >= 0.6 is 11.3 Å². The number of pyridine rings is 1. The fraction of sp³-hybridized carbons (Fsp3) is 0.0294. The molecule has 0 aliphatic carbocycles. The minimum absolute atomic E-state index is 0.0600. The molecule has 11 rings (SSSR count). The summed E-state index contributed by atoms with van der Waals surface area (Å²) in [4.78, 5) is 105. The summed E-state index contributed by atoms with van der Waals surface area (Å²) < 4.78 is 27.7. The lowest BCUT2D eigenvalue weighted by molar-refractivity contribution is -0.138. The normalized spacial score (nSPS) is 11.9. The van der Waals surface area contributed by atoms with Crippen molar-refractivity contribution in [1.82, 2.24) is 49.8 Å². The smallest absolute Gasteiger partial charge is 0.367 e. The molecule has 0 N–H and O–H groups in total. The third-order valence-electron chi connectivity index (χ3n) is 6.72. The monoisotopic (exact) mass is 833 g/mol. The third kappa shape index (κ3) is 10.8. The number of aliphatic imine (C=N–C) groups is 1. The zero-order valence-corrected chi connectivity index (χ0v) is 30.5. The molecule has 0 radical (unpaired) electrons. The molecule has 2 aliphatic heterocycles. The highest BCUT2D eigenvalue weighted by atomic mass is 32.1. The number of hydrogen-bond donors (Lipinski definition) is 0. The number of hydrogen-bond acceptors (Lipinski definition) is 26. The fourth-order valence-electron chi connectivity index (χ4n) is 4.10. The van der Waals surface area contributed by atoms with E-state index in [-0.39, 0.29) is 23.4 Å². The average molecular weight is 834 g/mol. The largest absolute Gasteiger partial charge is 0.453 e. The van der Waals surface area contributed by atoms with Crippen LogP contribution in [0.5, 0.6) is 0 Å². The Labute approximate surface area is 332 Å². The van der Waals surface area contributed by atoms with Gasteiger partial charge in [0.15, 0.2) is 67.0 Å². The van der Waals surface area contributed by atoms with E-state index in [0.29, 0.717) is 49.3 Å². The van der Waals surface area contributed by atoms with E-state index in [9.17, 15) is 28.8 Å². The van der Waals surface area contributed by atoms with Crippen molar-refractivity contribution in [2.24, 2.45) is 15.2 Å². The van der Waals surface area contributed by atoms with Crippen LogP contribution in [0.1, 0.15) is 0 Å². The number of nitrogens with zero attached hydrogens (tertiary/aromatic N) is 13. The number of esters is 1. The van der Waals surface area contributed by atoms with Gasteiger partial charge in [-0.25, -0.2) is 58.9 Å². The summed E-state index contributed by atoms with van der Waals surface area (Å²) >= 11 is 1.35. The maximum absolute atomic E-state index is 10.9. The van der Waals surface area contributed by atoms with Crippen LogP contribution in [-0.4, -0.2) is 68.4 Å². The molecule has 25 nitrogen and oxygen atoms in total. The highest BCUT2D eigenvalue weighted by Gasteiger charge is 2.24. The average Bonchev–Trinajstić information content (AvgIpc) is 3.98. The Balaban J connectivity index is 0.000000121. The molecule has 0 amide bonds. The number of azo groups is 1. The molecule has 0 saturated heterocycles. The number of cyclic esters (lactones) is 1. The molecule has 0 spiro atoms. The number of carbonyl (C=O) groups excluding carboxylic acids is 1. The van der Waals surface area contributed by atoms with Gasteiger partial charge in [0, 0.05) is 30.9 Å². The second kappa shape index (κ2) is 20.2. The Morgan fingerprint density at radius 3 is 2.00 bits per heavy atom. The van der Waals surface area contributed by atoms with E-state index in [0.717, 1.165) is 32.0 Å². The molecule has 0 aromatic carbocycles. The van der Waals surface area contributed by atoms with Crippen LogP contribution in [0.25, 0.3) is 43.4 Å². The second-order valence-corrected chi connectivity index (χ2v) is 11.3. The second-order valence-electron chi connectivity index (χ2n) is 10.4. The zero-order valence-electron chi connectivity index (χ0n) is 29.6. The first-order chi connectivity index (χ1) is 29.3. The zero-order chi connectivity index (χ0) is 42.1. The molecule has 298 valence electrons. The number of aromatic nitrogens is 10. The lowest BCUT2D eigenvalue weighted by Crippen LogP contribution is -2.18. The Morgan fingerprint density at radius 2 is 1.32 bits per heavy atom. The molecule has 26 heteroatoms. The number of fused-ring (bicyclic) bond motifs is 5. The number of carbonyl (C=O) groups is 1. The maximum atomic E-state index is 10.9. The molecule has 0 saturated carbocycles. The molecule has 60 heavy (non-hydrogen) atoms. The van der Waals surface area contributed by atoms with E-state index in [2.05, 4.69) is 91.9 Å². The third-order valence-corrected chi connectivity index (χ3v) is 7.60. The Bertz CT molecular complexity index is 3070. The highest BCUT2D eigenvalue weighted by molar-refractivity contribution is 7.17. The van der Waals surface area contributed by atoms with Gasteiger partial charge in [-0.2, -0.15) is 25.1 Å². The van der Waals surface area contributed by atoms with Gasteiger partial charge in [-0.15, -0.1) is 16.5 Å². The van der Waals surface area contributed by atoms with Crippen molar-refractivity contribution in [2.45, 2.75) is 0 Å². The summed E-state index contributed by atoms with van der Waals surface area (Å²) in [6.45, 7) is 0.0600. The minimum Gasteiger partial charge on any atom is -0.453 e. The summed E-state index contributed by atoms with van der Waals surface area (Å²) in [6, 6.07) is 6.33. The van der Waals surface area contributed by atoms with E-state index in [1.54, 1.807) is 24.4 Å². The van der Waals surface area contributed by atoms with Gasteiger partial charge < -0.3 is 26.8 Å². The van der Waals surface area contributed by atoms with Crippen LogP contribution in [0.15, 0.2) is 172 Å². The predicted octanol–water partition coefficient (Wildman–Crippen LogP) is 2.07. The van der Waals surface area contributed by atoms with Crippen molar-refractivity contribution in [1.29, 1.82) is 0 Å². The Hall–Kier alpha value is -9.07. The van der Waals surface area contributed by atoms with Crippen LogP contribution < -0.4 is 28.1 Å². The van der Waals surface area contributed by atoms with Gasteiger partial charge in [-0.1, -0.05) is 0 Å². The van der Waals surface area contributed by atoms with E-state index in [1.165, 1.54) is 54.8 Å². The summed E-state index contributed by atoms with van der Waals surface area (Å²) in [7, 11) is 0. The van der Waals surface area contributed by atoms with Crippen LogP contribution in [0.2, 0.25) is 0 Å². The predicted molar refractivity (Wildman–Crippen MR) is 202 cm³/mol. The Kier molecular flexibility index (Phi) is 13.7. The first kappa shape index (κ1) is 40.6. The molecule has 9 aromatic heterocycles. The van der Waals surface area contributed by atoms with Crippen molar-refractivity contribution < 1.29 is 31.6 Å². The van der Waals surface area contributed by atoms with Gasteiger partial charge in [0.25, 0.3) is 5.56 Å². The van der Waals surface area contributed by atoms with Crippen LogP contribution in [0.3, 0.4) is 0 Å². The summed E-state index contributed by atoms with van der Waals surface area (Å²) in [5.74, 6) is -0.00810. The van der Waals surface area contributed by atoms with Crippen LogP contribution in [0, 0.1) is 0 Å². The van der Waals surface area contributed by atoms with Crippen molar-refractivity contribution in [2.75, 3.05) is 6.73 Å². The van der Waals surface area contributed by atoms with E-state index >= 15 is 0 Å². The van der Waals surface area contributed by atoms with E-state index in [1.807, 2.05) is 5.38 Å². The molecule has 2 aliphatic rings. The van der Waals surface area contributed by atoms with Crippen molar-refractivity contribution in [3.05, 3.63) is 163 Å². The number of amidine groups is 1. The van der Waals surface area contributed by atoms with Crippen LogP contribution in [-0.2, 0) is 9.53 Å². The maximum Gasteiger partial charge on any atom is 0.367 e. The standard InChI is InChI=1S/C7H4N2O2.2C6H3N3O2.C6H3NO2S.C5H3N3O2.C4H3NO2/c10-7-5-2-1-3-8-6(5)9-4-11-7;10-6-4-1-7-2-8-5(4)9-3-11-6;10-6-4-5(9-3-11-6)8-2-1-7-4;8-6-5-4(1-2-10-5)7-3-9-6;9-5-3-1-7-8-4(3)6-2-10-5;6-4-1-2-7-3-5-4/h1-4H;2*1-3H;1-3H;1H,2H2;1-3H. The molecular weight excluding hydrogens is 815 g/mol. The van der Waals surface area contributed by atoms with E-state index < -0.39 is 22.8 Å². The SMILES string of the molecule is O=C1OCN=C2N=NC=C12.O=c1ccocn1.O=c1ocnc2ccsc12.O=c1ocnc2ncccc12.O=c1ocnc2nccnc12.O=c1ocnc2ncncc12. The van der Waals surface area contributed by atoms with Gasteiger partial charge in [0.05, 0.1) is 18.0 Å². The summed E-state index contributed by atoms with van der Waals surface area (Å²) in [5.41, 5.74) is 0.360.